The highest BCUT2D eigenvalue weighted by molar-refractivity contribution is 5.90. The average molecular weight is 304 g/mol. The molecule has 2 fully saturated rings. The molecule has 6 nitrogen and oxygen atoms in total. The summed E-state index contributed by atoms with van der Waals surface area (Å²) in [5.41, 5.74) is 0. The van der Waals surface area contributed by atoms with Crippen LogP contribution in [0.15, 0.2) is 18.5 Å². The van der Waals surface area contributed by atoms with E-state index in [9.17, 15) is 9.90 Å². The third kappa shape index (κ3) is 3.62. The summed E-state index contributed by atoms with van der Waals surface area (Å²) in [5, 5.41) is 12.9. The van der Waals surface area contributed by atoms with Crippen LogP contribution in [-0.4, -0.2) is 51.1 Å². The quantitative estimate of drug-likeness (QED) is 0.883. The van der Waals surface area contributed by atoms with Crippen LogP contribution in [0, 0.1) is 5.92 Å². The van der Waals surface area contributed by atoms with Crippen molar-refractivity contribution in [1.29, 1.82) is 0 Å². The highest BCUT2D eigenvalue weighted by Gasteiger charge is 2.33. The lowest BCUT2D eigenvalue weighted by molar-refractivity contribution is -0.121. The highest BCUT2D eigenvalue weighted by Crippen LogP contribution is 2.27. The van der Waals surface area contributed by atoms with Crippen molar-refractivity contribution in [2.24, 2.45) is 5.92 Å². The summed E-state index contributed by atoms with van der Waals surface area (Å²) in [6, 6.07) is 2.01. The minimum absolute atomic E-state index is 0.00930. The van der Waals surface area contributed by atoms with Crippen molar-refractivity contribution in [1.82, 2.24) is 14.9 Å². The summed E-state index contributed by atoms with van der Waals surface area (Å²) in [4.78, 5) is 22.7. The first-order chi connectivity index (χ1) is 10.7. The largest absolute Gasteiger partial charge is 0.391 e. The Morgan fingerprint density at radius 1 is 1.14 bits per heavy atom. The van der Waals surface area contributed by atoms with Gasteiger partial charge in [0, 0.05) is 24.4 Å². The Morgan fingerprint density at radius 3 is 2.50 bits per heavy atom. The molecule has 1 saturated heterocycles. The van der Waals surface area contributed by atoms with Crippen molar-refractivity contribution in [3.8, 4) is 0 Å². The Balaban J connectivity index is 1.50. The number of carbonyl (C=O) groups is 1. The number of rotatable bonds is 3. The Labute approximate surface area is 131 Å². The number of aliphatic hydroxyl groups excluding tert-OH is 1. The van der Waals surface area contributed by atoms with Gasteiger partial charge in [-0.1, -0.05) is 12.8 Å². The molecular formula is C16H24N4O2. The number of carbonyl (C=O) groups excluding carboxylic acids is 1. The second kappa shape index (κ2) is 7.15. The molecule has 1 saturated carbocycles. The predicted molar refractivity (Wildman–Crippen MR) is 83.2 cm³/mol. The number of aromatic nitrogens is 2. The third-order valence-electron chi connectivity index (χ3n) is 4.86. The van der Waals surface area contributed by atoms with E-state index in [0.29, 0.717) is 5.95 Å². The molecule has 0 unspecified atom stereocenters. The molecule has 6 heteroatoms. The number of hydrogen-bond donors (Lipinski definition) is 2. The maximum atomic E-state index is 12.3. The Kier molecular flexibility index (Phi) is 5.00. The van der Waals surface area contributed by atoms with E-state index in [0.717, 1.165) is 45.2 Å². The van der Waals surface area contributed by atoms with Gasteiger partial charge in [0.1, 0.15) is 0 Å². The molecule has 1 amide bonds. The van der Waals surface area contributed by atoms with Gasteiger partial charge in [0.15, 0.2) is 0 Å². The molecule has 0 spiro atoms. The van der Waals surface area contributed by atoms with Gasteiger partial charge in [-0.15, -0.1) is 0 Å². The van der Waals surface area contributed by atoms with Crippen LogP contribution in [0.4, 0.5) is 5.95 Å². The summed E-state index contributed by atoms with van der Waals surface area (Å²) >= 11 is 0. The fourth-order valence-corrected chi connectivity index (χ4v) is 3.59. The van der Waals surface area contributed by atoms with Gasteiger partial charge >= 0.3 is 0 Å². The minimum Gasteiger partial charge on any atom is -0.391 e. The summed E-state index contributed by atoms with van der Waals surface area (Å²) in [6.45, 7) is 1.77. The second-order valence-electron chi connectivity index (χ2n) is 6.29. The Morgan fingerprint density at radius 2 is 1.82 bits per heavy atom. The molecule has 2 atom stereocenters. The smallest absolute Gasteiger partial charge is 0.229 e. The van der Waals surface area contributed by atoms with E-state index in [1.807, 2.05) is 0 Å². The van der Waals surface area contributed by atoms with E-state index in [1.165, 1.54) is 6.42 Å². The Hall–Kier alpha value is -1.53. The van der Waals surface area contributed by atoms with Crippen molar-refractivity contribution >= 4 is 11.9 Å². The first-order valence-electron chi connectivity index (χ1n) is 8.24. The van der Waals surface area contributed by atoms with Crippen LogP contribution >= 0.6 is 0 Å². The molecule has 2 heterocycles. The zero-order valence-electron chi connectivity index (χ0n) is 12.8. The molecule has 120 valence electrons. The van der Waals surface area contributed by atoms with Gasteiger partial charge in [0.05, 0.1) is 6.10 Å². The molecule has 0 bridgehead atoms. The first kappa shape index (κ1) is 15.4. The summed E-state index contributed by atoms with van der Waals surface area (Å²) in [5.74, 6) is 0.397. The van der Waals surface area contributed by atoms with Crippen LogP contribution in [0.5, 0.6) is 0 Å². The number of amides is 1. The molecule has 0 radical (unpaired) electrons. The lowest BCUT2D eigenvalue weighted by Crippen LogP contribution is -2.49. The van der Waals surface area contributed by atoms with Crippen LogP contribution in [0.2, 0.25) is 0 Å². The average Bonchev–Trinajstić information content (AvgIpc) is 2.56. The number of aliphatic hydroxyl groups is 1. The number of piperidine rings is 1. The fraction of sp³-hybridized carbons (Fsp3) is 0.688. The molecule has 1 aromatic heterocycles. The zero-order valence-corrected chi connectivity index (χ0v) is 12.8. The third-order valence-corrected chi connectivity index (χ3v) is 4.86. The fourth-order valence-electron chi connectivity index (χ4n) is 3.59. The normalized spacial score (nSPS) is 27.5. The lowest BCUT2D eigenvalue weighted by Gasteiger charge is -2.41. The second-order valence-corrected chi connectivity index (χ2v) is 6.29. The number of hydrogen-bond acceptors (Lipinski definition) is 5. The van der Waals surface area contributed by atoms with Gasteiger partial charge in [-0.05, 0) is 44.8 Å². The summed E-state index contributed by atoms with van der Waals surface area (Å²) < 4.78 is 0. The molecule has 3 rings (SSSR count). The molecule has 22 heavy (non-hydrogen) atoms. The van der Waals surface area contributed by atoms with Crippen LogP contribution in [0.25, 0.3) is 0 Å². The summed E-state index contributed by atoms with van der Waals surface area (Å²) in [6.07, 6.45) is 9.04. The maximum absolute atomic E-state index is 12.3. The van der Waals surface area contributed by atoms with Gasteiger partial charge in [0.2, 0.25) is 11.9 Å². The predicted octanol–water partition coefficient (Wildman–Crippen LogP) is 1.43. The number of likely N-dealkylation sites (tertiary alicyclic amines) is 1. The SMILES string of the molecule is O=C(Nc1ncccn1)C1CCN([C@@H]2CCCC[C@H]2O)CC1. The molecular weight excluding hydrogens is 280 g/mol. The van der Waals surface area contributed by atoms with E-state index < -0.39 is 0 Å². The number of anilines is 1. The van der Waals surface area contributed by atoms with Crippen LogP contribution in [-0.2, 0) is 4.79 Å². The topological polar surface area (TPSA) is 78.4 Å². The van der Waals surface area contributed by atoms with Crippen LogP contribution < -0.4 is 5.32 Å². The van der Waals surface area contributed by atoms with Gasteiger partial charge in [-0.25, -0.2) is 9.97 Å². The van der Waals surface area contributed by atoms with Gasteiger partial charge in [0.25, 0.3) is 0 Å². The van der Waals surface area contributed by atoms with Crippen molar-refractivity contribution in [3.63, 3.8) is 0 Å². The molecule has 1 aromatic rings. The monoisotopic (exact) mass is 304 g/mol. The zero-order chi connectivity index (χ0) is 15.4. The van der Waals surface area contributed by atoms with Crippen LogP contribution in [0.3, 0.4) is 0 Å². The molecule has 2 N–H and O–H groups in total. The van der Waals surface area contributed by atoms with Gasteiger partial charge in [-0.2, -0.15) is 0 Å². The molecule has 2 aliphatic rings. The van der Waals surface area contributed by atoms with Gasteiger partial charge < -0.3 is 5.11 Å². The van der Waals surface area contributed by atoms with Crippen molar-refractivity contribution in [2.75, 3.05) is 18.4 Å². The van der Waals surface area contributed by atoms with E-state index in [2.05, 4.69) is 20.2 Å². The minimum atomic E-state index is -0.197. The van der Waals surface area contributed by atoms with E-state index in [-0.39, 0.29) is 24.0 Å². The highest BCUT2D eigenvalue weighted by atomic mass is 16.3. The van der Waals surface area contributed by atoms with E-state index in [1.54, 1.807) is 18.5 Å². The number of nitrogens with zero attached hydrogens (tertiary/aromatic N) is 3. The first-order valence-corrected chi connectivity index (χ1v) is 8.24. The standard InChI is InChI=1S/C16H24N4O2/c21-14-5-2-1-4-13(14)20-10-6-12(7-11-20)15(22)19-16-17-8-3-9-18-16/h3,8-9,12-14,21H,1-2,4-7,10-11H2,(H,17,18,19,22)/t13-,14-/m1/s1. The number of nitrogens with one attached hydrogen (secondary N) is 1. The van der Waals surface area contributed by atoms with E-state index in [4.69, 9.17) is 0 Å². The Bertz CT molecular complexity index is 488. The summed E-state index contributed by atoms with van der Waals surface area (Å²) in [7, 11) is 0. The van der Waals surface area contributed by atoms with E-state index >= 15 is 0 Å². The molecule has 1 aliphatic heterocycles. The molecule has 1 aliphatic carbocycles. The lowest BCUT2D eigenvalue weighted by atomic mass is 9.88. The van der Waals surface area contributed by atoms with Crippen molar-refractivity contribution in [3.05, 3.63) is 18.5 Å². The van der Waals surface area contributed by atoms with Gasteiger partial charge in [-0.3, -0.25) is 15.0 Å². The van der Waals surface area contributed by atoms with Crippen molar-refractivity contribution in [2.45, 2.75) is 50.7 Å². The maximum Gasteiger partial charge on any atom is 0.229 e. The van der Waals surface area contributed by atoms with Crippen molar-refractivity contribution < 1.29 is 9.90 Å². The van der Waals surface area contributed by atoms with Crippen LogP contribution in [0.1, 0.15) is 38.5 Å². The molecule has 0 aromatic carbocycles.